The predicted molar refractivity (Wildman–Crippen MR) is 70.7 cm³/mol. The van der Waals surface area contributed by atoms with E-state index in [9.17, 15) is 9.90 Å². The molecular formula is C11H11BrClNO4. The van der Waals surface area contributed by atoms with Crippen LogP contribution in [-0.4, -0.2) is 21.2 Å². The molecule has 0 aromatic heterocycles. The number of aromatic hydroxyl groups is 1. The Kier molecular flexibility index (Phi) is 4.86. The lowest BCUT2D eigenvalue weighted by molar-refractivity contribution is -0.119. The number of aliphatic hydroxyl groups is 2. The molecule has 0 saturated carbocycles. The summed E-state index contributed by atoms with van der Waals surface area (Å²) in [7, 11) is 0. The van der Waals surface area contributed by atoms with Crippen molar-refractivity contribution in [2.75, 3.05) is 0 Å². The molecule has 5 nitrogen and oxygen atoms in total. The van der Waals surface area contributed by atoms with E-state index in [4.69, 9.17) is 21.8 Å². The number of aliphatic hydroxyl groups excluding tert-OH is 1. The molecule has 0 aliphatic heterocycles. The normalized spacial score (nSPS) is 11.7. The topological polar surface area (TPSA) is 89.8 Å². The highest BCUT2D eigenvalue weighted by Gasteiger charge is 2.18. The van der Waals surface area contributed by atoms with E-state index in [1.54, 1.807) is 0 Å². The van der Waals surface area contributed by atoms with Crippen LogP contribution in [0.5, 0.6) is 5.75 Å². The van der Waals surface area contributed by atoms with Crippen molar-refractivity contribution in [1.29, 1.82) is 0 Å². The lowest BCUT2D eigenvalue weighted by Crippen LogP contribution is -2.25. The number of hydrogen-bond acceptors (Lipinski definition) is 4. The Balaban J connectivity index is 3.28. The van der Waals surface area contributed by atoms with E-state index >= 15 is 0 Å². The van der Waals surface area contributed by atoms with Gasteiger partial charge in [0.2, 0.25) is 5.91 Å². The second-order valence-electron chi connectivity index (χ2n) is 3.53. The summed E-state index contributed by atoms with van der Waals surface area (Å²) in [6.07, 6.45) is 0.971. The molecule has 0 aliphatic carbocycles. The number of halogens is 2. The molecule has 98 valence electrons. The van der Waals surface area contributed by atoms with E-state index in [0.717, 1.165) is 6.08 Å². The Bertz CT molecular complexity index is 500. The smallest absolute Gasteiger partial charge is 0.272 e. The van der Waals surface area contributed by atoms with E-state index in [0.29, 0.717) is 9.50 Å². The summed E-state index contributed by atoms with van der Waals surface area (Å²) >= 11 is 8.94. The molecule has 4 N–H and O–H groups in total. The van der Waals surface area contributed by atoms with Gasteiger partial charge >= 0.3 is 0 Å². The number of rotatable bonds is 3. The number of phenols is 1. The van der Waals surface area contributed by atoms with Gasteiger partial charge < -0.3 is 20.6 Å². The third-order valence-corrected chi connectivity index (χ3v) is 2.89. The summed E-state index contributed by atoms with van der Waals surface area (Å²) in [6, 6.07) is 2.00. The van der Waals surface area contributed by atoms with Gasteiger partial charge in [0.1, 0.15) is 5.75 Å². The van der Waals surface area contributed by atoms with Crippen molar-refractivity contribution in [3.8, 4) is 5.75 Å². The standard InChI is InChI=1S/C11H11BrClNO4/c1-5(15)14-9(4-10(16)17)7-2-6(13)3-8(12)11(7)18/h2-4,9,16-18H,1H3,(H,14,15)/t9-/m0/s1. The van der Waals surface area contributed by atoms with Crippen molar-refractivity contribution in [3.63, 3.8) is 0 Å². The quantitative estimate of drug-likeness (QED) is 0.639. The van der Waals surface area contributed by atoms with Crippen molar-refractivity contribution in [2.24, 2.45) is 0 Å². The van der Waals surface area contributed by atoms with Gasteiger partial charge in [-0.2, -0.15) is 0 Å². The minimum atomic E-state index is -0.968. The van der Waals surface area contributed by atoms with Crippen LogP contribution in [0.3, 0.4) is 0 Å². The van der Waals surface area contributed by atoms with Crippen LogP contribution in [-0.2, 0) is 4.79 Å². The summed E-state index contributed by atoms with van der Waals surface area (Å²) in [4.78, 5) is 11.1. The molecule has 1 rings (SSSR count). The molecule has 0 saturated heterocycles. The van der Waals surface area contributed by atoms with E-state index in [-0.39, 0.29) is 11.3 Å². The molecule has 0 unspecified atom stereocenters. The number of carbonyl (C=O) groups excluding carboxylic acids is 1. The SMILES string of the molecule is CC(=O)N[C@@H](C=C(O)O)c1cc(Cl)cc(Br)c1O. The fourth-order valence-electron chi connectivity index (χ4n) is 1.40. The molecule has 1 amide bonds. The van der Waals surface area contributed by atoms with Crippen LogP contribution in [0, 0.1) is 0 Å². The minimum Gasteiger partial charge on any atom is -0.506 e. The van der Waals surface area contributed by atoms with Gasteiger partial charge in [-0.15, -0.1) is 0 Å². The van der Waals surface area contributed by atoms with E-state index in [2.05, 4.69) is 21.2 Å². The van der Waals surface area contributed by atoms with Crippen LogP contribution in [0.25, 0.3) is 0 Å². The zero-order chi connectivity index (χ0) is 13.9. The molecule has 0 spiro atoms. The lowest BCUT2D eigenvalue weighted by Gasteiger charge is -2.16. The summed E-state index contributed by atoms with van der Waals surface area (Å²) in [5.74, 6) is -1.51. The summed E-state index contributed by atoms with van der Waals surface area (Å²) in [5.41, 5.74) is 0.241. The van der Waals surface area contributed by atoms with Crippen LogP contribution < -0.4 is 5.32 Å². The molecule has 0 radical (unpaired) electrons. The zero-order valence-electron chi connectivity index (χ0n) is 9.32. The molecule has 0 bridgehead atoms. The Morgan fingerprint density at radius 2 is 2.11 bits per heavy atom. The first-order chi connectivity index (χ1) is 8.31. The molecular weight excluding hydrogens is 325 g/mol. The van der Waals surface area contributed by atoms with Crippen molar-refractivity contribution < 1.29 is 20.1 Å². The van der Waals surface area contributed by atoms with Crippen LogP contribution >= 0.6 is 27.5 Å². The second-order valence-corrected chi connectivity index (χ2v) is 4.82. The first-order valence-electron chi connectivity index (χ1n) is 4.86. The predicted octanol–water partition coefficient (Wildman–Crippen LogP) is 2.94. The maximum absolute atomic E-state index is 11.1. The number of carbonyl (C=O) groups is 1. The third-order valence-electron chi connectivity index (χ3n) is 2.07. The zero-order valence-corrected chi connectivity index (χ0v) is 11.7. The van der Waals surface area contributed by atoms with Gasteiger partial charge in [0.25, 0.3) is 5.95 Å². The van der Waals surface area contributed by atoms with Gasteiger partial charge in [-0.3, -0.25) is 4.79 Å². The van der Waals surface area contributed by atoms with Crippen LogP contribution in [0.15, 0.2) is 28.6 Å². The fraction of sp³-hybridized carbons (Fsp3) is 0.182. The minimum absolute atomic E-state index is 0.143. The first-order valence-corrected chi connectivity index (χ1v) is 6.03. The highest BCUT2D eigenvalue weighted by Crippen LogP contribution is 2.35. The molecule has 0 fully saturated rings. The number of phenolic OH excluding ortho intramolecular Hbond substituents is 1. The molecule has 1 aromatic carbocycles. The van der Waals surface area contributed by atoms with Gasteiger partial charge in [-0.25, -0.2) is 0 Å². The largest absolute Gasteiger partial charge is 0.506 e. The van der Waals surface area contributed by atoms with Crippen molar-refractivity contribution in [3.05, 3.63) is 39.2 Å². The fourth-order valence-corrected chi connectivity index (χ4v) is 2.23. The third kappa shape index (κ3) is 3.82. The summed E-state index contributed by atoms with van der Waals surface area (Å²) in [5, 5.41) is 30.4. The molecule has 18 heavy (non-hydrogen) atoms. The Morgan fingerprint density at radius 3 is 2.61 bits per heavy atom. The monoisotopic (exact) mass is 335 g/mol. The average molecular weight is 337 g/mol. The highest BCUT2D eigenvalue weighted by atomic mass is 79.9. The average Bonchev–Trinajstić information content (AvgIpc) is 2.21. The number of amides is 1. The van der Waals surface area contributed by atoms with E-state index in [1.165, 1.54) is 19.1 Å². The van der Waals surface area contributed by atoms with Gasteiger partial charge in [-0.05, 0) is 28.1 Å². The van der Waals surface area contributed by atoms with Gasteiger partial charge in [0.15, 0.2) is 0 Å². The van der Waals surface area contributed by atoms with Crippen molar-refractivity contribution in [1.82, 2.24) is 5.32 Å². The van der Waals surface area contributed by atoms with E-state index in [1.807, 2.05) is 0 Å². The Hall–Kier alpha value is -1.40. The molecule has 0 heterocycles. The number of benzene rings is 1. The maximum Gasteiger partial charge on any atom is 0.272 e. The van der Waals surface area contributed by atoms with Crippen LogP contribution in [0.4, 0.5) is 0 Å². The Morgan fingerprint density at radius 1 is 1.50 bits per heavy atom. The van der Waals surface area contributed by atoms with Crippen molar-refractivity contribution >= 4 is 33.4 Å². The summed E-state index contributed by atoms with van der Waals surface area (Å²) in [6.45, 7) is 1.27. The molecule has 7 heteroatoms. The Labute approximate surface area is 117 Å². The first kappa shape index (κ1) is 14.7. The highest BCUT2D eigenvalue weighted by molar-refractivity contribution is 9.10. The lowest BCUT2D eigenvalue weighted by atomic mass is 10.1. The number of hydrogen-bond donors (Lipinski definition) is 4. The molecule has 0 aliphatic rings. The molecule has 1 atom stereocenters. The van der Waals surface area contributed by atoms with Gasteiger partial charge in [-0.1, -0.05) is 11.6 Å². The summed E-state index contributed by atoms with van der Waals surface area (Å²) < 4.78 is 0.339. The van der Waals surface area contributed by atoms with Crippen LogP contribution in [0.2, 0.25) is 5.02 Å². The van der Waals surface area contributed by atoms with Crippen molar-refractivity contribution in [2.45, 2.75) is 13.0 Å². The van der Waals surface area contributed by atoms with Gasteiger partial charge in [0.05, 0.1) is 10.5 Å². The van der Waals surface area contributed by atoms with Crippen LogP contribution in [0.1, 0.15) is 18.5 Å². The molecule has 1 aromatic rings. The van der Waals surface area contributed by atoms with E-state index < -0.39 is 17.9 Å². The number of nitrogens with one attached hydrogen (secondary N) is 1. The maximum atomic E-state index is 11.1. The van der Waals surface area contributed by atoms with Gasteiger partial charge in [0, 0.05) is 23.6 Å². The second kappa shape index (κ2) is 5.97.